The molecule has 0 fully saturated rings. The fourth-order valence-electron chi connectivity index (χ4n) is 1.58. The van der Waals surface area contributed by atoms with Crippen molar-refractivity contribution in [2.75, 3.05) is 17.6 Å². The van der Waals surface area contributed by atoms with Crippen molar-refractivity contribution in [3.63, 3.8) is 0 Å². The lowest BCUT2D eigenvalue weighted by Gasteiger charge is -2.09. The molecule has 0 amide bonds. The van der Waals surface area contributed by atoms with Crippen molar-refractivity contribution in [2.24, 2.45) is 0 Å². The van der Waals surface area contributed by atoms with Crippen molar-refractivity contribution in [1.29, 1.82) is 0 Å². The van der Waals surface area contributed by atoms with Crippen LogP contribution in [-0.2, 0) is 14.8 Å². The number of nitrogens with one attached hydrogen (secondary N) is 1. The topological polar surface area (TPSA) is 72.5 Å². The lowest BCUT2D eigenvalue weighted by molar-refractivity contribution is 0.0600. The summed E-state index contributed by atoms with van der Waals surface area (Å²) in [6.45, 7) is 3.57. The molecule has 0 saturated carbocycles. The van der Waals surface area contributed by atoms with Gasteiger partial charge in [-0.2, -0.15) is 0 Å². The standard InChI is InChI=1S/C12H17NO4S/c1-4-5-18(15,16)13-11-7-9(2)6-10(8-11)12(14)17-3/h6-8,13H,4-5H2,1-3H3. The summed E-state index contributed by atoms with van der Waals surface area (Å²) in [5, 5.41) is 0. The van der Waals surface area contributed by atoms with Crippen LogP contribution in [0.1, 0.15) is 29.3 Å². The zero-order valence-corrected chi connectivity index (χ0v) is 11.5. The van der Waals surface area contributed by atoms with Crippen molar-refractivity contribution >= 4 is 21.7 Å². The molecule has 0 atom stereocenters. The Morgan fingerprint density at radius 3 is 2.56 bits per heavy atom. The minimum atomic E-state index is -3.35. The van der Waals surface area contributed by atoms with Gasteiger partial charge in [-0.05, 0) is 37.1 Å². The average Bonchev–Trinajstić information content (AvgIpc) is 2.26. The molecule has 1 aromatic rings. The summed E-state index contributed by atoms with van der Waals surface area (Å²) in [7, 11) is -2.07. The van der Waals surface area contributed by atoms with E-state index in [9.17, 15) is 13.2 Å². The molecule has 18 heavy (non-hydrogen) atoms. The van der Waals surface area contributed by atoms with Gasteiger partial charge in [0.25, 0.3) is 0 Å². The molecule has 0 bridgehead atoms. The van der Waals surface area contributed by atoms with E-state index in [2.05, 4.69) is 9.46 Å². The third-order valence-corrected chi connectivity index (χ3v) is 3.74. The summed E-state index contributed by atoms with van der Waals surface area (Å²) >= 11 is 0. The Balaban J connectivity index is 3.04. The quantitative estimate of drug-likeness (QED) is 0.831. The van der Waals surface area contributed by atoms with Crippen LogP contribution >= 0.6 is 0 Å². The van der Waals surface area contributed by atoms with Gasteiger partial charge in [0.2, 0.25) is 10.0 Å². The molecule has 1 N–H and O–H groups in total. The number of benzene rings is 1. The Morgan fingerprint density at radius 1 is 1.33 bits per heavy atom. The van der Waals surface area contributed by atoms with Crippen molar-refractivity contribution in [2.45, 2.75) is 20.3 Å². The zero-order chi connectivity index (χ0) is 13.8. The molecule has 100 valence electrons. The SMILES string of the molecule is CCCS(=O)(=O)Nc1cc(C)cc(C(=O)OC)c1. The molecular formula is C12H17NO4S. The fourth-order valence-corrected chi connectivity index (χ4v) is 2.69. The van der Waals surface area contributed by atoms with Crippen LogP contribution in [0.3, 0.4) is 0 Å². The Bertz CT molecular complexity index is 537. The summed E-state index contributed by atoms with van der Waals surface area (Å²) < 4.78 is 30.3. The number of sulfonamides is 1. The van der Waals surface area contributed by atoms with Crippen molar-refractivity contribution in [1.82, 2.24) is 0 Å². The summed E-state index contributed by atoms with van der Waals surface area (Å²) in [6.07, 6.45) is 0.533. The maximum Gasteiger partial charge on any atom is 0.337 e. The normalized spacial score (nSPS) is 11.1. The van der Waals surface area contributed by atoms with Gasteiger partial charge >= 0.3 is 5.97 Å². The van der Waals surface area contributed by atoms with Gasteiger partial charge in [-0.15, -0.1) is 0 Å². The summed E-state index contributed by atoms with van der Waals surface area (Å²) in [5.74, 6) is -0.441. The summed E-state index contributed by atoms with van der Waals surface area (Å²) in [6, 6.07) is 4.77. The second-order valence-corrected chi connectivity index (χ2v) is 5.84. The van der Waals surface area contributed by atoms with E-state index in [1.165, 1.54) is 13.2 Å². The van der Waals surface area contributed by atoms with Gasteiger partial charge in [0.15, 0.2) is 0 Å². The predicted octanol–water partition coefficient (Wildman–Crippen LogP) is 1.93. The van der Waals surface area contributed by atoms with E-state index in [4.69, 9.17) is 0 Å². The van der Waals surface area contributed by atoms with E-state index in [-0.39, 0.29) is 5.75 Å². The van der Waals surface area contributed by atoms with Gasteiger partial charge in [-0.3, -0.25) is 4.72 Å². The number of hydrogen-bond donors (Lipinski definition) is 1. The molecular weight excluding hydrogens is 254 g/mol. The van der Waals surface area contributed by atoms with Crippen LogP contribution in [0.2, 0.25) is 0 Å². The molecule has 5 nitrogen and oxygen atoms in total. The molecule has 0 saturated heterocycles. The molecule has 0 aromatic heterocycles. The molecule has 0 aliphatic heterocycles. The van der Waals surface area contributed by atoms with E-state index in [1.807, 2.05) is 0 Å². The molecule has 1 aromatic carbocycles. The summed E-state index contributed by atoms with van der Waals surface area (Å²) in [4.78, 5) is 11.4. The van der Waals surface area contributed by atoms with Crippen LogP contribution in [0, 0.1) is 6.92 Å². The molecule has 6 heteroatoms. The maximum atomic E-state index is 11.6. The Kier molecular flexibility index (Phi) is 4.72. The number of rotatable bonds is 5. The van der Waals surface area contributed by atoms with E-state index >= 15 is 0 Å². The zero-order valence-electron chi connectivity index (χ0n) is 10.7. The van der Waals surface area contributed by atoms with Gasteiger partial charge < -0.3 is 4.74 Å². The molecule has 0 aliphatic rings. The number of carbonyl (C=O) groups excluding carboxylic acids is 1. The third kappa shape index (κ3) is 4.03. The first-order chi connectivity index (χ1) is 8.38. The molecule has 1 rings (SSSR count). The number of anilines is 1. The van der Waals surface area contributed by atoms with Crippen molar-refractivity contribution in [3.05, 3.63) is 29.3 Å². The van der Waals surface area contributed by atoms with Gasteiger partial charge in [-0.25, -0.2) is 13.2 Å². The highest BCUT2D eigenvalue weighted by Gasteiger charge is 2.12. The third-order valence-electron chi connectivity index (χ3n) is 2.24. The number of methoxy groups -OCH3 is 1. The van der Waals surface area contributed by atoms with E-state index < -0.39 is 16.0 Å². The molecule has 0 spiro atoms. The Morgan fingerprint density at radius 2 is 2.00 bits per heavy atom. The highest BCUT2D eigenvalue weighted by Crippen LogP contribution is 2.17. The van der Waals surface area contributed by atoms with Crippen LogP contribution in [0.4, 0.5) is 5.69 Å². The molecule has 0 heterocycles. The Hall–Kier alpha value is -1.56. The molecule has 0 unspecified atom stereocenters. The van der Waals surface area contributed by atoms with E-state index in [1.54, 1.807) is 26.0 Å². The minimum absolute atomic E-state index is 0.0501. The van der Waals surface area contributed by atoms with Gasteiger partial charge in [0.1, 0.15) is 0 Å². The number of aryl methyl sites for hydroxylation is 1. The second kappa shape index (κ2) is 5.86. The van der Waals surface area contributed by atoms with Gasteiger partial charge in [0.05, 0.1) is 18.4 Å². The van der Waals surface area contributed by atoms with Crippen molar-refractivity contribution < 1.29 is 17.9 Å². The largest absolute Gasteiger partial charge is 0.465 e. The van der Waals surface area contributed by atoms with Crippen LogP contribution in [0.15, 0.2) is 18.2 Å². The average molecular weight is 271 g/mol. The predicted molar refractivity (Wildman–Crippen MR) is 70.2 cm³/mol. The van der Waals surface area contributed by atoms with Crippen LogP contribution < -0.4 is 4.72 Å². The first-order valence-electron chi connectivity index (χ1n) is 5.58. The maximum absolute atomic E-state index is 11.6. The highest BCUT2D eigenvalue weighted by molar-refractivity contribution is 7.92. The molecule has 0 aliphatic carbocycles. The monoisotopic (exact) mass is 271 g/mol. The second-order valence-electron chi connectivity index (χ2n) is 4.00. The first-order valence-corrected chi connectivity index (χ1v) is 7.23. The molecule has 0 radical (unpaired) electrons. The smallest absolute Gasteiger partial charge is 0.337 e. The first kappa shape index (κ1) is 14.5. The lowest BCUT2D eigenvalue weighted by Crippen LogP contribution is -2.16. The summed E-state index contributed by atoms with van der Waals surface area (Å²) in [5.41, 5.74) is 1.49. The highest BCUT2D eigenvalue weighted by atomic mass is 32.2. The number of hydrogen-bond acceptors (Lipinski definition) is 4. The van der Waals surface area contributed by atoms with Crippen LogP contribution in [0.5, 0.6) is 0 Å². The van der Waals surface area contributed by atoms with Crippen molar-refractivity contribution in [3.8, 4) is 0 Å². The van der Waals surface area contributed by atoms with Crippen LogP contribution in [-0.4, -0.2) is 27.2 Å². The van der Waals surface area contributed by atoms with Gasteiger partial charge in [0, 0.05) is 5.69 Å². The van der Waals surface area contributed by atoms with Gasteiger partial charge in [-0.1, -0.05) is 6.92 Å². The lowest BCUT2D eigenvalue weighted by atomic mass is 10.1. The Labute approximate surface area is 107 Å². The van der Waals surface area contributed by atoms with E-state index in [0.29, 0.717) is 17.7 Å². The minimum Gasteiger partial charge on any atom is -0.465 e. The number of carbonyl (C=O) groups is 1. The fraction of sp³-hybridized carbons (Fsp3) is 0.417. The van der Waals surface area contributed by atoms with Crippen LogP contribution in [0.25, 0.3) is 0 Å². The van der Waals surface area contributed by atoms with E-state index in [0.717, 1.165) is 5.56 Å². The number of esters is 1. The number of ether oxygens (including phenoxy) is 1.